The van der Waals surface area contributed by atoms with Gasteiger partial charge in [0.05, 0.1) is 16.6 Å². The number of fused-ring (bicyclic) bond motifs is 1. The molecule has 0 saturated heterocycles. The number of aryl methyl sites for hydroxylation is 1. The molecule has 0 aliphatic heterocycles. The van der Waals surface area contributed by atoms with Gasteiger partial charge in [0.2, 0.25) is 0 Å². The molecular formula is C11H11FN2O3. The number of rotatable bonds is 4. The van der Waals surface area contributed by atoms with Gasteiger partial charge in [-0.15, -0.1) is 0 Å². The molecule has 2 aromatic rings. The minimum atomic E-state index is -1.32. The molecule has 0 fully saturated rings. The van der Waals surface area contributed by atoms with Crippen LogP contribution in [0.4, 0.5) is 4.39 Å². The maximum atomic E-state index is 13.4. The minimum Gasteiger partial charge on any atom is -0.478 e. The molecule has 2 rings (SSSR count). The maximum absolute atomic E-state index is 13.4. The predicted molar refractivity (Wildman–Crippen MR) is 58.4 cm³/mol. The summed E-state index contributed by atoms with van der Waals surface area (Å²) in [5, 5.41) is 17.4. The summed E-state index contributed by atoms with van der Waals surface area (Å²) in [5.74, 6) is -1.50. The highest BCUT2D eigenvalue weighted by molar-refractivity contribution is 5.92. The molecule has 1 aromatic heterocycles. The normalized spacial score (nSPS) is 10.9. The Balaban J connectivity index is 2.43. The highest BCUT2D eigenvalue weighted by Gasteiger charge is 2.13. The molecule has 5 nitrogen and oxygen atoms in total. The Hall–Kier alpha value is -1.95. The van der Waals surface area contributed by atoms with E-state index in [1.165, 1.54) is 6.07 Å². The van der Waals surface area contributed by atoms with Gasteiger partial charge in [0.15, 0.2) is 0 Å². The molecule has 1 heterocycles. The fourth-order valence-electron chi connectivity index (χ4n) is 1.61. The zero-order chi connectivity index (χ0) is 12.4. The number of hydrogen-bond acceptors (Lipinski definition) is 3. The summed E-state index contributed by atoms with van der Waals surface area (Å²) in [6, 6.07) is 2.32. The smallest absolute Gasteiger partial charge is 0.338 e. The van der Waals surface area contributed by atoms with Crippen LogP contribution in [0.25, 0.3) is 11.0 Å². The second-order valence-electron chi connectivity index (χ2n) is 3.67. The van der Waals surface area contributed by atoms with Crippen molar-refractivity contribution in [3.8, 4) is 0 Å². The zero-order valence-corrected chi connectivity index (χ0v) is 8.90. The van der Waals surface area contributed by atoms with Crippen LogP contribution in [-0.2, 0) is 6.42 Å². The van der Waals surface area contributed by atoms with Gasteiger partial charge in [-0.25, -0.2) is 14.2 Å². The Morgan fingerprint density at radius 3 is 2.88 bits per heavy atom. The molecule has 0 bridgehead atoms. The number of aromatic carboxylic acids is 1. The van der Waals surface area contributed by atoms with Crippen molar-refractivity contribution >= 4 is 17.0 Å². The van der Waals surface area contributed by atoms with Crippen LogP contribution >= 0.6 is 0 Å². The van der Waals surface area contributed by atoms with Gasteiger partial charge < -0.3 is 15.2 Å². The Bertz CT molecular complexity index is 565. The quantitative estimate of drug-likeness (QED) is 0.749. The number of carbonyl (C=O) groups is 1. The number of nitrogens with one attached hydrogen (secondary N) is 1. The average molecular weight is 238 g/mol. The monoisotopic (exact) mass is 238 g/mol. The predicted octanol–water partition coefficient (Wildman–Crippen LogP) is 1.33. The zero-order valence-electron chi connectivity index (χ0n) is 8.90. The first-order valence-corrected chi connectivity index (χ1v) is 5.14. The number of carboxylic acid groups (broad SMARTS) is 1. The van der Waals surface area contributed by atoms with Crippen LogP contribution < -0.4 is 0 Å². The first-order chi connectivity index (χ1) is 8.11. The maximum Gasteiger partial charge on any atom is 0.338 e. The van der Waals surface area contributed by atoms with Crippen molar-refractivity contribution in [2.24, 2.45) is 0 Å². The first-order valence-electron chi connectivity index (χ1n) is 5.14. The molecule has 0 saturated carbocycles. The topological polar surface area (TPSA) is 86.2 Å². The van der Waals surface area contributed by atoms with Gasteiger partial charge in [-0.2, -0.15) is 0 Å². The van der Waals surface area contributed by atoms with E-state index in [0.29, 0.717) is 29.7 Å². The van der Waals surface area contributed by atoms with E-state index in [2.05, 4.69) is 9.97 Å². The molecule has 1 aromatic carbocycles. The SMILES string of the molecule is O=C(O)c1cc2nc(CCCO)[nH]c2cc1F. The van der Waals surface area contributed by atoms with Crippen LogP contribution in [0.5, 0.6) is 0 Å². The van der Waals surface area contributed by atoms with E-state index in [4.69, 9.17) is 10.2 Å². The standard InChI is InChI=1S/C11H11FN2O3/c12-7-5-9-8(4-6(7)11(16)17)13-10(14-9)2-1-3-15/h4-5,15H,1-3H2,(H,13,14)(H,16,17). The summed E-state index contributed by atoms with van der Waals surface area (Å²) in [7, 11) is 0. The van der Waals surface area contributed by atoms with Crippen molar-refractivity contribution in [3.63, 3.8) is 0 Å². The van der Waals surface area contributed by atoms with E-state index in [9.17, 15) is 9.18 Å². The lowest BCUT2D eigenvalue weighted by Gasteiger charge is -1.95. The number of aliphatic hydroxyl groups is 1. The van der Waals surface area contributed by atoms with Crippen molar-refractivity contribution in [1.29, 1.82) is 0 Å². The van der Waals surface area contributed by atoms with Crippen molar-refractivity contribution in [2.75, 3.05) is 6.61 Å². The van der Waals surface area contributed by atoms with Crippen LogP contribution in [0.2, 0.25) is 0 Å². The van der Waals surface area contributed by atoms with Gasteiger partial charge in [0.1, 0.15) is 11.6 Å². The minimum absolute atomic E-state index is 0.0474. The van der Waals surface area contributed by atoms with Crippen LogP contribution in [-0.4, -0.2) is 32.8 Å². The molecule has 0 unspecified atom stereocenters. The number of halogens is 1. The molecule has 6 heteroatoms. The first kappa shape index (κ1) is 11.5. The molecule has 0 spiro atoms. The van der Waals surface area contributed by atoms with Crippen molar-refractivity contribution in [3.05, 3.63) is 29.3 Å². The largest absolute Gasteiger partial charge is 0.478 e. The van der Waals surface area contributed by atoms with E-state index in [0.717, 1.165) is 6.07 Å². The lowest BCUT2D eigenvalue weighted by Crippen LogP contribution is -1.99. The molecular weight excluding hydrogens is 227 g/mol. The van der Waals surface area contributed by atoms with Crippen LogP contribution in [0.15, 0.2) is 12.1 Å². The Kier molecular flexibility index (Phi) is 3.06. The number of aromatic nitrogens is 2. The number of aliphatic hydroxyl groups excluding tert-OH is 1. The van der Waals surface area contributed by atoms with Gasteiger partial charge >= 0.3 is 5.97 Å². The summed E-state index contributed by atoms with van der Waals surface area (Å²) in [4.78, 5) is 17.8. The van der Waals surface area contributed by atoms with E-state index >= 15 is 0 Å². The van der Waals surface area contributed by atoms with E-state index < -0.39 is 17.3 Å². The number of benzene rings is 1. The van der Waals surface area contributed by atoms with E-state index in [1.807, 2.05) is 0 Å². The molecule has 17 heavy (non-hydrogen) atoms. The van der Waals surface area contributed by atoms with E-state index in [-0.39, 0.29) is 6.61 Å². The third-order valence-corrected chi connectivity index (χ3v) is 2.42. The van der Waals surface area contributed by atoms with Crippen molar-refractivity contribution < 1.29 is 19.4 Å². The van der Waals surface area contributed by atoms with Gasteiger partial charge in [0, 0.05) is 19.1 Å². The number of imidazole rings is 1. The van der Waals surface area contributed by atoms with Gasteiger partial charge in [0.25, 0.3) is 0 Å². The Morgan fingerprint density at radius 1 is 1.47 bits per heavy atom. The summed E-state index contributed by atoms with van der Waals surface area (Å²) in [5.41, 5.74) is 0.481. The third-order valence-electron chi connectivity index (χ3n) is 2.42. The van der Waals surface area contributed by atoms with E-state index in [1.54, 1.807) is 0 Å². The molecule has 90 valence electrons. The lowest BCUT2D eigenvalue weighted by molar-refractivity contribution is 0.0692. The summed E-state index contributed by atoms with van der Waals surface area (Å²) >= 11 is 0. The number of nitrogens with zero attached hydrogens (tertiary/aromatic N) is 1. The second-order valence-corrected chi connectivity index (χ2v) is 3.67. The number of aromatic amines is 1. The fraction of sp³-hybridized carbons (Fsp3) is 0.273. The van der Waals surface area contributed by atoms with Crippen LogP contribution in [0.3, 0.4) is 0 Å². The number of H-pyrrole nitrogens is 1. The molecule has 3 N–H and O–H groups in total. The summed E-state index contributed by atoms with van der Waals surface area (Å²) < 4.78 is 13.4. The Labute approximate surface area is 95.9 Å². The highest BCUT2D eigenvalue weighted by atomic mass is 19.1. The van der Waals surface area contributed by atoms with Crippen molar-refractivity contribution in [1.82, 2.24) is 9.97 Å². The molecule has 0 atom stereocenters. The van der Waals surface area contributed by atoms with Crippen LogP contribution in [0.1, 0.15) is 22.6 Å². The molecule has 0 radical (unpaired) electrons. The average Bonchev–Trinajstić information content (AvgIpc) is 2.66. The Morgan fingerprint density at radius 2 is 2.24 bits per heavy atom. The van der Waals surface area contributed by atoms with Crippen LogP contribution in [0, 0.1) is 5.82 Å². The second kappa shape index (κ2) is 4.50. The molecule has 0 amide bonds. The number of hydrogen-bond donors (Lipinski definition) is 3. The summed E-state index contributed by atoms with van der Waals surface area (Å²) in [6.45, 7) is 0.0474. The fourth-order valence-corrected chi connectivity index (χ4v) is 1.61. The van der Waals surface area contributed by atoms with Crippen molar-refractivity contribution in [2.45, 2.75) is 12.8 Å². The molecule has 0 aliphatic rings. The number of carboxylic acids is 1. The van der Waals surface area contributed by atoms with Gasteiger partial charge in [-0.1, -0.05) is 0 Å². The van der Waals surface area contributed by atoms with Gasteiger partial charge in [-0.3, -0.25) is 0 Å². The molecule has 0 aliphatic carbocycles. The summed E-state index contributed by atoms with van der Waals surface area (Å²) in [6.07, 6.45) is 1.09. The third kappa shape index (κ3) is 2.26. The highest BCUT2D eigenvalue weighted by Crippen LogP contribution is 2.18. The lowest BCUT2D eigenvalue weighted by atomic mass is 10.2. The van der Waals surface area contributed by atoms with Gasteiger partial charge in [-0.05, 0) is 12.5 Å².